The Balaban J connectivity index is 2.80. The molecule has 5 heteroatoms. The number of ketones is 1. The van der Waals surface area contributed by atoms with Gasteiger partial charge in [-0.05, 0) is 19.1 Å². The van der Waals surface area contributed by atoms with Gasteiger partial charge in [0.2, 0.25) is 0 Å². The Kier molecular flexibility index (Phi) is 4.92. The van der Waals surface area contributed by atoms with Crippen LogP contribution in [0.1, 0.15) is 6.92 Å². The number of carbonyl (C=O) groups is 2. The number of aliphatic hydroxyl groups excluding tert-OH is 1. The van der Waals surface area contributed by atoms with E-state index in [2.05, 4.69) is 4.74 Å². The Morgan fingerprint density at radius 2 is 1.83 bits per heavy atom. The molecule has 0 amide bonds. The molecule has 0 heterocycles. The van der Waals surface area contributed by atoms with Crippen molar-refractivity contribution in [3.8, 4) is 5.75 Å². The number of aliphatic hydroxyl groups is 1. The van der Waals surface area contributed by atoms with Crippen LogP contribution in [0.4, 0.5) is 0 Å². The molecule has 1 N–H and O–H groups in total. The van der Waals surface area contributed by atoms with E-state index in [9.17, 15) is 14.7 Å². The number of hydrogen-bond donors (Lipinski definition) is 1. The minimum absolute atomic E-state index is 0.270. The fourth-order valence-electron chi connectivity index (χ4n) is 1.31. The zero-order chi connectivity index (χ0) is 13.5. The Morgan fingerprint density at radius 3 is 2.33 bits per heavy atom. The number of esters is 1. The van der Waals surface area contributed by atoms with Gasteiger partial charge in [0, 0.05) is 0 Å². The summed E-state index contributed by atoms with van der Waals surface area (Å²) in [6, 6.07) is 8.74. The van der Waals surface area contributed by atoms with Gasteiger partial charge in [-0.2, -0.15) is 0 Å². The molecule has 0 aliphatic rings. The van der Waals surface area contributed by atoms with Gasteiger partial charge < -0.3 is 14.6 Å². The topological polar surface area (TPSA) is 72.8 Å². The van der Waals surface area contributed by atoms with Crippen molar-refractivity contribution in [2.45, 2.75) is 6.92 Å². The molecular weight excluding hydrogens is 236 g/mol. The first kappa shape index (κ1) is 13.8. The molecule has 0 aliphatic carbocycles. The smallest absolute Gasteiger partial charge is 0.345 e. The van der Waals surface area contributed by atoms with E-state index in [0.29, 0.717) is 5.75 Å². The molecule has 0 bridgehead atoms. The van der Waals surface area contributed by atoms with Crippen LogP contribution in [0, 0.1) is 0 Å². The van der Waals surface area contributed by atoms with Crippen molar-refractivity contribution in [2.24, 2.45) is 0 Å². The van der Waals surface area contributed by atoms with Crippen molar-refractivity contribution in [3.05, 3.63) is 41.7 Å². The lowest BCUT2D eigenvalue weighted by Crippen LogP contribution is -2.17. The summed E-state index contributed by atoms with van der Waals surface area (Å²) in [6.45, 7) is 0.902. The average molecular weight is 250 g/mol. The number of methoxy groups -OCH3 is 1. The molecule has 0 fully saturated rings. The second kappa shape index (κ2) is 6.44. The van der Waals surface area contributed by atoms with Crippen LogP contribution in [0.3, 0.4) is 0 Å². The lowest BCUT2D eigenvalue weighted by molar-refractivity contribution is -0.137. The monoisotopic (exact) mass is 250 g/mol. The predicted octanol–water partition coefficient (Wildman–Crippen LogP) is 1.64. The van der Waals surface area contributed by atoms with Gasteiger partial charge in [0.15, 0.2) is 5.78 Å². The van der Waals surface area contributed by atoms with Crippen LogP contribution < -0.4 is 4.74 Å². The normalized spacial score (nSPS) is 11.4. The third-order valence-corrected chi connectivity index (χ3v) is 2.15. The molecule has 1 aromatic carbocycles. The number of Topliss-reactive ketones (excluding diaryl/α,β-unsaturated/α-hetero) is 1. The summed E-state index contributed by atoms with van der Waals surface area (Å²) in [5, 5.41) is 9.68. The van der Waals surface area contributed by atoms with E-state index < -0.39 is 23.1 Å². The van der Waals surface area contributed by atoms with Crippen molar-refractivity contribution in [1.82, 2.24) is 0 Å². The third kappa shape index (κ3) is 3.62. The van der Waals surface area contributed by atoms with Crippen LogP contribution in [-0.4, -0.2) is 30.6 Å². The molecule has 0 spiro atoms. The van der Waals surface area contributed by atoms with E-state index >= 15 is 0 Å². The van der Waals surface area contributed by atoms with E-state index in [1.165, 1.54) is 6.92 Å². The Hall–Kier alpha value is -2.30. The lowest BCUT2D eigenvalue weighted by Gasteiger charge is -2.08. The van der Waals surface area contributed by atoms with Gasteiger partial charge in [0.25, 0.3) is 0 Å². The largest absolute Gasteiger partial charge is 0.508 e. The van der Waals surface area contributed by atoms with Gasteiger partial charge in [0.05, 0.1) is 7.11 Å². The standard InChI is InChI=1S/C13H14O5/c1-9(14)12(13(16)17-2)11(15)8-18-10-6-4-3-5-7-10/h3-7,15H,8H2,1-2H3. The number of rotatable bonds is 5. The van der Waals surface area contributed by atoms with Gasteiger partial charge in [-0.3, -0.25) is 4.79 Å². The van der Waals surface area contributed by atoms with Crippen molar-refractivity contribution in [1.29, 1.82) is 0 Å². The number of para-hydroxylation sites is 1. The van der Waals surface area contributed by atoms with Crippen LogP contribution in [0.25, 0.3) is 0 Å². The first-order valence-corrected chi connectivity index (χ1v) is 5.25. The maximum Gasteiger partial charge on any atom is 0.345 e. The van der Waals surface area contributed by atoms with Crippen LogP contribution in [0.5, 0.6) is 5.75 Å². The molecule has 18 heavy (non-hydrogen) atoms. The summed E-state index contributed by atoms with van der Waals surface area (Å²) >= 11 is 0. The predicted molar refractivity (Wildman–Crippen MR) is 64.3 cm³/mol. The van der Waals surface area contributed by atoms with Crippen LogP contribution >= 0.6 is 0 Å². The second-order valence-corrected chi connectivity index (χ2v) is 3.47. The van der Waals surface area contributed by atoms with Gasteiger partial charge in [0.1, 0.15) is 23.7 Å². The summed E-state index contributed by atoms with van der Waals surface area (Å²) in [6.07, 6.45) is 0. The number of ether oxygens (including phenoxy) is 2. The van der Waals surface area contributed by atoms with Crippen LogP contribution in [0.2, 0.25) is 0 Å². The molecule has 0 aromatic heterocycles. The Labute approximate surface area is 105 Å². The molecule has 0 saturated carbocycles. The molecular formula is C13H14O5. The third-order valence-electron chi connectivity index (χ3n) is 2.15. The molecule has 96 valence electrons. The van der Waals surface area contributed by atoms with Gasteiger partial charge >= 0.3 is 5.97 Å². The molecule has 1 rings (SSSR count). The second-order valence-electron chi connectivity index (χ2n) is 3.47. The minimum Gasteiger partial charge on any atom is -0.508 e. The van der Waals surface area contributed by atoms with Gasteiger partial charge in [-0.25, -0.2) is 4.79 Å². The number of carbonyl (C=O) groups excluding carboxylic acids is 2. The van der Waals surface area contributed by atoms with Gasteiger partial charge in [-0.1, -0.05) is 18.2 Å². The number of hydrogen-bond acceptors (Lipinski definition) is 5. The lowest BCUT2D eigenvalue weighted by atomic mass is 10.1. The van der Waals surface area contributed by atoms with Gasteiger partial charge in [-0.15, -0.1) is 0 Å². The highest BCUT2D eigenvalue weighted by molar-refractivity contribution is 6.16. The molecule has 0 atom stereocenters. The molecule has 5 nitrogen and oxygen atoms in total. The summed E-state index contributed by atoms with van der Waals surface area (Å²) < 4.78 is 9.64. The molecule has 0 unspecified atom stereocenters. The zero-order valence-electron chi connectivity index (χ0n) is 10.2. The van der Waals surface area contributed by atoms with Crippen molar-refractivity contribution >= 4 is 11.8 Å². The first-order chi connectivity index (χ1) is 8.56. The summed E-state index contributed by atoms with van der Waals surface area (Å²) in [5.41, 5.74) is -0.395. The quantitative estimate of drug-likeness (QED) is 0.283. The fraction of sp³-hybridized carbons (Fsp3) is 0.231. The molecule has 1 aromatic rings. The zero-order valence-corrected chi connectivity index (χ0v) is 10.2. The maximum atomic E-state index is 11.3. The van der Waals surface area contributed by atoms with Crippen molar-refractivity contribution in [3.63, 3.8) is 0 Å². The van der Waals surface area contributed by atoms with Crippen molar-refractivity contribution in [2.75, 3.05) is 13.7 Å². The van der Waals surface area contributed by atoms with Crippen LogP contribution in [0.15, 0.2) is 41.7 Å². The SMILES string of the molecule is COC(=O)C(C(C)=O)=C(O)COc1ccccc1. The summed E-state index contributed by atoms with van der Waals surface area (Å²) in [5.74, 6) is -1.37. The molecule has 0 radical (unpaired) electrons. The highest BCUT2D eigenvalue weighted by atomic mass is 16.5. The highest BCUT2D eigenvalue weighted by Gasteiger charge is 2.20. The van der Waals surface area contributed by atoms with E-state index in [1.54, 1.807) is 24.3 Å². The van der Waals surface area contributed by atoms with E-state index in [0.717, 1.165) is 7.11 Å². The fourth-order valence-corrected chi connectivity index (χ4v) is 1.31. The first-order valence-electron chi connectivity index (χ1n) is 5.25. The molecule has 0 saturated heterocycles. The molecule has 0 aliphatic heterocycles. The average Bonchev–Trinajstić information content (AvgIpc) is 2.37. The van der Waals surface area contributed by atoms with E-state index in [4.69, 9.17) is 4.74 Å². The maximum absolute atomic E-state index is 11.3. The van der Waals surface area contributed by atoms with Crippen molar-refractivity contribution < 1.29 is 24.2 Å². The Morgan fingerprint density at radius 1 is 1.22 bits per heavy atom. The van der Waals surface area contributed by atoms with Crippen LogP contribution in [-0.2, 0) is 14.3 Å². The minimum atomic E-state index is -0.878. The van der Waals surface area contributed by atoms with E-state index in [-0.39, 0.29) is 6.61 Å². The summed E-state index contributed by atoms with van der Waals surface area (Å²) in [4.78, 5) is 22.5. The summed E-state index contributed by atoms with van der Waals surface area (Å²) in [7, 11) is 1.14. The highest BCUT2D eigenvalue weighted by Crippen LogP contribution is 2.11. The number of benzene rings is 1. The van der Waals surface area contributed by atoms with E-state index in [1.807, 2.05) is 6.07 Å². The Bertz CT molecular complexity index is 462.